The van der Waals surface area contributed by atoms with Crippen molar-refractivity contribution < 1.29 is 9.59 Å². The molecule has 0 aromatic carbocycles. The Morgan fingerprint density at radius 2 is 2.00 bits per heavy atom. The van der Waals surface area contributed by atoms with E-state index in [1.807, 2.05) is 0 Å². The van der Waals surface area contributed by atoms with E-state index in [2.05, 4.69) is 11.9 Å². The van der Waals surface area contributed by atoms with E-state index in [-0.39, 0.29) is 17.7 Å². The Kier molecular flexibility index (Phi) is 6.47. The highest BCUT2D eigenvalue weighted by atomic mass is 16.2. The molecule has 102 valence electrons. The van der Waals surface area contributed by atoms with E-state index in [0.29, 0.717) is 19.6 Å². The van der Waals surface area contributed by atoms with Crippen LogP contribution in [0.2, 0.25) is 0 Å². The van der Waals surface area contributed by atoms with Gasteiger partial charge in [-0.1, -0.05) is 25.3 Å². The summed E-state index contributed by atoms with van der Waals surface area (Å²) < 4.78 is 0. The molecule has 18 heavy (non-hydrogen) atoms. The minimum Gasteiger partial charge on any atom is -0.354 e. The van der Waals surface area contributed by atoms with Gasteiger partial charge in [0.15, 0.2) is 0 Å². The van der Waals surface area contributed by atoms with E-state index in [1.54, 1.807) is 11.0 Å². The first kappa shape index (κ1) is 14.7. The van der Waals surface area contributed by atoms with Crippen molar-refractivity contribution in [2.45, 2.75) is 39.0 Å². The summed E-state index contributed by atoms with van der Waals surface area (Å²) in [5.74, 6) is 0.350. The predicted molar refractivity (Wildman–Crippen MR) is 72.0 cm³/mol. The first-order valence-corrected chi connectivity index (χ1v) is 6.79. The number of rotatable bonds is 6. The molecule has 1 aliphatic carbocycles. The van der Waals surface area contributed by atoms with Crippen molar-refractivity contribution in [2.24, 2.45) is 5.92 Å². The molecule has 1 aliphatic rings. The molecule has 0 aromatic heterocycles. The highest BCUT2D eigenvalue weighted by Crippen LogP contribution is 2.23. The third kappa shape index (κ3) is 4.90. The largest absolute Gasteiger partial charge is 0.354 e. The molecule has 4 nitrogen and oxygen atoms in total. The Morgan fingerprint density at radius 1 is 1.33 bits per heavy atom. The van der Waals surface area contributed by atoms with E-state index in [9.17, 15) is 9.59 Å². The van der Waals surface area contributed by atoms with E-state index >= 15 is 0 Å². The van der Waals surface area contributed by atoms with E-state index in [0.717, 1.165) is 25.7 Å². The normalized spacial score (nSPS) is 16.1. The number of hydrogen-bond acceptors (Lipinski definition) is 2. The smallest absolute Gasteiger partial charge is 0.223 e. The lowest BCUT2D eigenvalue weighted by molar-refractivity contribution is -0.129. The lowest BCUT2D eigenvalue weighted by atomic mass is 9.89. The molecule has 0 bridgehead atoms. The molecule has 0 radical (unpaired) electrons. The summed E-state index contributed by atoms with van der Waals surface area (Å²) in [6.45, 7) is 6.77. The van der Waals surface area contributed by atoms with Gasteiger partial charge in [-0.05, 0) is 12.8 Å². The van der Waals surface area contributed by atoms with E-state index in [1.165, 1.54) is 13.3 Å². The third-order valence-electron chi connectivity index (χ3n) is 3.45. The fraction of sp³-hybridized carbons (Fsp3) is 0.714. The van der Waals surface area contributed by atoms with Gasteiger partial charge in [0.25, 0.3) is 0 Å². The summed E-state index contributed by atoms with van der Waals surface area (Å²) in [5, 5.41) is 2.93. The lowest BCUT2D eigenvalue weighted by Crippen LogP contribution is -2.39. The number of hydrogen-bond donors (Lipinski definition) is 1. The standard InChI is InChI=1S/C14H24N2O2/c1-3-10-16(12(2)17)11-9-15-14(18)13-7-5-4-6-8-13/h3,13H,1,4-11H2,2H3,(H,15,18). The van der Waals surface area contributed by atoms with Crippen molar-refractivity contribution in [3.05, 3.63) is 12.7 Å². The van der Waals surface area contributed by atoms with Gasteiger partial charge in [0.1, 0.15) is 0 Å². The van der Waals surface area contributed by atoms with E-state index in [4.69, 9.17) is 0 Å². The van der Waals surface area contributed by atoms with Crippen LogP contribution in [-0.2, 0) is 9.59 Å². The van der Waals surface area contributed by atoms with Gasteiger partial charge in [0.05, 0.1) is 0 Å². The zero-order chi connectivity index (χ0) is 13.4. The molecule has 0 unspecified atom stereocenters. The second kappa shape index (κ2) is 7.90. The maximum Gasteiger partial charge on any atom is 0.223 e. The molecule has 0 aromatic rings. The summed E-state index contributed by atoms with van der Waals surface area (Å²) in [7, 11) is 0. The van der Waals surface area contributed by atoms with Gasteiger partial charge in [-0.25, -0.2) is 0 Å². The van der Waals surface area contributed by atoms with Crippen molar-refractivity contribution >= 4 is 11.8 Å². The van der Waals surface area contributed by atoms with Gasteiger partial charge >= 0.3 is 0 Å². The molecule has 1 N–H and O–H groups in total. The van der Waals surface area contributed by atoms with Crippen molar-refractivity contribution in [3.8, 4) is 0 Å². The molecule has 1 rings (SSSR count). The fourth-order valence-electron chi connectivity index (χ4n) is 2.36. The van der Waals surface area contributed by atoms with Gasteiger partial charge in [-0.15, -0.1) is 6.58 Å². The fourth-order valence-corrected chi connectivity index (χ4v) is 2.36. The molecular weight excluding hydrogens is 228 g/mol. The Bertz CT molecular complexity index is 296. The Labute approximate surface area is 109 Å². The van der Waals surface area contributed by atoms with Crippen LogP contribution in [-0.4, -0.2) is 36.3 Å². The second-order valence-corrected chi connectivity index (χ2v) is 4.88. The SMILES string of the molecule is C=CCN(CCNC(=O)C1CCCCC1)C(C)=O. The summed E-state index contributed by atoms with van der Waals surface area (Å²) in [6.07, 6.45) is 7.29. The highest BCUT2D eigenvalue weighted by molar-refractivity contribution is 5.78. The van der Waals surface area contributed by atoms with Gasteiger partial charge < -0.3 is 10.2 Å². The second-order valence-electron chi connectivity index (χ2n) is 4.88. The average molecular weight is 252 g/mol. The molecular formula is C14H24N2O2. The maximum atomic E-state index is 11.9. The Balaban J connectivity index is 2.24. The summed E-state index contributed by atoms with van der Waals surface area (Å²) in [5.41, 5.74) is 0. The van der Waals surface area contributed by atoms with Crippen molar-refractivity contribution in [2.75, 3.05) is 19.6 Å². The van der Waals surface area contributed by atoms with Crippen LogP contribution in [0.3, 0.4) is 0 Å². The lowest BCUT2D eigenvalue weighted by Gasteiger charge is -2.23. The molecule has 0 aliphatic heterocycles. The molecule has 1 fully saturated rings. The number of amides is 2. The highest BCUT2D eigenvalue weighted by Gasteiger charge is 2.20. The molecule has 0 spiro atoms. The Hall–Kier alpha value is -1.32. The van der Waals surface area contributed by atoms with Gasteiger partial charge in [0, 0.05) is 32.5 Å². The number of nitrogens with zero attached hydrogens (tertiary/aromatic N) is 1. The number of nitrogens with one attached hydrogen (secondary N) is 1. The predicted octanol–water partition coefficient (Wildman–Crippen LogP) is 1.72. The quantitative estimate of drug-likeness (QED) is 0.732. The molecule has 0 heterocycles. The minimum atomic E-state index is 0.0156. The molecule has 1 saturated carbocycles. The molecule has 4 heteroatoms. The van der Waals surface area contributed by atoms with Crippen molar-refractivity contribution in [1.82, 2.24) is 10.2 Å². The maximum absolute atomic E-state index is 11.9. The Morgan fingerprint density at radius 3 is 2.56 bits per heavy atom. The summed E-state index contributed by atoms with van der Waals surface area (Å²) in [4.78, 5) is 24.8. The molecule has 2 amide bonds. The number of carbonyl (C=O) groups excluding carboxylic acids is 2. The van der Waals surface area contributed by atoms with Crippen LogP contribution in [0.25, 0.3) is 0 Å². The first-order chi connectivity index (χ1) is 8.65. The van der Waals surface area contributed by atoms with E-state index < -0.39 is 0 Å². The third-order valence-corrected chi connectivity index (χ3v) is 3.45. The topological polar surface area (TPSA) is 49.4 Å². The minimum absolute atomic E-state index is 0.0156. The zero-order valence-electron chi connectivity index (χ0n) is 11.3. The molecule has 0 saturated heterocycles. The average Bonchev–Trinajstić information content (AvgIpc) is 2.38. The van der Waals surface area contributed by atoms with Gasteiger partial charge in [-0.3, -0.25) is 9.59 Å². The van der Waals surface area contributed by atoms with Gasteiger partial charge in [-0.2, -0.15) is 0 Å². The van der Waals surface area contributed by atoms with Crippen molar-refractivity contribution in [3.63, 3.8) is 0 Å². The van der Waals surface area contributed by atoms with Crippen LogP contribution in [0.5, 0.6) is 0 Å². The monoisotopic (exact) mass is 252 g/mol. The summed E-state index contributed by atoms with van der Waals surface area (Å²) >= 11 is 0. The first-order valence-electron chi connectivity index (χ1n) is 6.79. The van der Waals surface area contributed by atoms with Crippen LogP contribution in [0, 0.1) is 5.92 Å². The zero-order valence-corrected chi connectivity index (χ0v) is 11.3. The number of carbonyl (C=O) groups is 2. The van der Waals surface area contributed by atoms with Crippen LogP contribution >= 0.6 is 0 Å². The molecule has 0 atom stereocenters. The van der Waals surface area contributed by atoms with Crippen LogP contribution in [0.4, 0.5) is 0 Å². The van der Waals surface area contributed by atoms with Crippen LogP contribution < -0.4 is 5.32 Å². The van der Waals surface area contributed by atoms with Gasteiger partial charge in [0.2, 0.25) is 11.8 Å². The van der Waals surface area contributed by atoms with Crippen molar-refractivity contribution in [1.29, 1.82) is 0 Å². The van der Waals surface area contributed by atoms with Crippen LogP contribution in [0.15, 0.2) is 12.7 Å². The summed E-state index contributed by atoms with van der Waals surface area (Å²) in [6, 6.07) is 0. The van der Waals surface area contributed by atoms with Crippen LogP contribution in [0.1, 0.15) is 39.0 Å².